The van der Waals surface area contributed by atoms with Crippen LogP contribution in [-0.2, 0) is 14.6 Å². The van der Waals surface area contributed by atoms with Gasteiger partial charge in [-0.3, -0.25) is 4.79 Å². The second kappa shape index (κ2) is 5.78. The Labute approximate surface area is 117 Å². The molecular weight excluding hydrogens is 285 g/mol. The SMILES string of the molecule is C[C@@H](Oc1ccccc1F)C(=O)N[C@@H]1CCS(=O)(=O)C1. The van der Waals surface area contributed by atoms with Gasteiger partial charge in [0.15, 0.2) is 27.5 Å². The van der Waals surface area contributed by atoms with Crippen molar-refractivity contribution in [3.63, 3.8) is 0 Å². The first kappa shape index (κ1) is 14.8. The molecule has 1 N–H and O–H groups in total. The first-order chi connectivity index (χ1) is 9.37. The molecule has 1 aliphatic rings. The third-order valence-corrected chi connectivity index (χ3v) is 4.86. The molecule has 0 aromatic heterocycles. The van der Waals surface area contributed by atoms with Gasteiger partial charge in [-0.1, -0.05) is 12.1 Å². The number of nitrogens with one attached hydrogen (secondary N) is 1. The molecule has 2 atom stereocenters. The van der Waals surface area contributed by atoms with Crippen LogP contribution in [-0.4, -0.2) is 38.0 Å². The maximum Gasteiger partial charge on any atom is 0.261 e. The van der Waals surface area contributed by atoms with Gasteiger partial charge in [0.05, 0.1) is 11.5 Å². The van der Waals surface area contributed by atoms with Gasteiger partial charge in [-0.25, -0.2) is 12.8 Å². The Hall–Kier alpha value is -1.63. The number of ether oxygens (including phenoxy) is 1. The Kier molecular flexibility index (Phi) is 4.27. The molecule has 110 valence electrons. The van der Waals surface area contributed by atoms with Crippen LogP contribution in [0.5, 0.6) is 5.75 Å². The summed E-state index contributed by atoms with van der Waals surface area (Å²) in [4.78, 5) is 11.9. The van der Waals surface area contributed by atoms with E-state index in [1.165, 1.54) is 25.1 Å². The molecule has 0 unspecified atom stereocenters. The number of carbonyl (C=O) groups is 1. The number of amides is 1. The molecule has 1 aliphatic heterocycles. The number of carbonyl (C=O) groups excluding carboxylic acids is 1. The van der Waals surface area contributed by atoms with Gasteiger partial charge in [0.2, 0.25) is 0 Å². The molecule has 0 spiro atoms. The molecule has 0 bridgehead atoms. The lowest BCUT2D eigenvalue weighted by molar-refractivity contribution is -0.127. The second-order valence-electron chi connectivity index (χ2n) is 4.80. The minimum atomic E-state index is -3.05. The predicted molar refractivity (Wildman–Crippen MR) is 71.7 cm³/mol. The van der Waals surface area contributed by atoms with Crippen molar-refractivity contribution in [2.24, 2.45) is 0 Å². The van der Waals surface area contributed by atoms with Crippen molar-refractivity contribution in [1.82, 2.24) is 5.32 Å². The van der Waals surface area contributed by atoms with Gasteiger partial charge >= 0.3 is 0 Å². The number of para-hydroxylation sites is 1. The number of rotatable bonds is 4. The lowest BCUT2D eigenvalue weighted by Gasteiger charge is -2.17. The zero-order chi connectivity index (χ0) is 14.8. The molecule has 0 radical (unpaired) electrons. The van der Waals surface area contributed by atoms with Gasteiger partial charge < -0.3 is 10.1 Å². The normalized spacial score (nSPS) is 22.2. The number of hydrogen-bond donors (Lipinski definition) is 1. The van der Waals surface area contributed by atoms with Crippen molar-refractivity contribution in [3.05, 3.63) is 30.1 Å². The molecule has 0 saturated carbocycles. The number of hydrogen-bond acceptors (Lipinski definition) is 4. The van der Waals surface area contributed by atoms with Gasteiger partial charge in [-0.2, -0.15) is 0 Å². The number of benzene rings is 1. The van der Waals surface area contributed by atoms with Crippen LogP contribution in [0.25, 0.3) is 0 Å². The zero-order valence-corrected chi connectivity index (χ0v) is 11.8. The Morgan fingerprint density at radius 2 is 2.15 bits per heavy atom. The Morgan fingerprint density at radius 1 is 1.45 bits per heavy atom. The Bertz CT molecular complexity index is 602. The van der Waals surface area contributed by atoms with Crippen LogP contribution in [0.2, 0.25) is 0 Å². The number of sulfone groups is 1. The molecule has 1 fully saturated rings. The standard InChI is InChI=1S/C13H16FNO4S/c1-9(19-12-5-3-2-4-11(12)14)13(16)15-10-6-7-20(17,18)8-10/h2-5,9-10H,6-8H2,1H3,(H,15,16)/t9-,10-/m1/s1. The van der Waals surface area contributed by atoms with E-state index in [0.717, 1.165) is 0 Å². The van der Waals surface area contributed by atoms with E-state index in [2.05, 4.69) is 5.32 Å². The van der Waals surface area contributed by atoms with Crippen LogP contribution in [0.3, 0.4) is 0 Å². The lowest BCUT2D eigenvalue weighted by Crippen LogP contribution is -2.43. The average molecular weight is 301 g/mol. The highest BCUT2D eigenvalue weighted by Crippen LogP contribution is 2.17. The summed E-state index contributed by atoms with van der Waals surface area (Å²) in [5.41, 5.74) is 0. The molecule has 1 aromatic rings. The fourth-order valence-electron chi connectivity index (χ4n) is 2.01. The summed E-state index contributed by atoms with van der Waals surface area (Å²) in [5, 5.41) is 2.61. The van der Waals surface area contributed by atoms with Crippen molar-refractivity contribution >= 4 is 15.7 Å². The highest BCUT2D eigenvalue weighted by atomic mass is 32.2. The maximum atomic E-state index is 13.4. The molecule has 5 nitrogen and oxygen atoms in total. The van der Waals surface area contributed by atoms with Crippen molar-refractivity contribution in [1.29, 1.82) is 0 Å². The van der Waals surface area contributed by atoms with E-state index < -0.39 is 27.7 Å². The molecule has 1 aromatic carbocycles. The van der Waals surface area contributed by atoms with Crippen molar-refractivity contribution in [3.8, 4) is 5.75 Å². The first-order valence-electron chi connectivity index (χ1n) is 6.29. The van der Waals surface area contributed by atoms with Gasteiger partial charge in [0.25, 0.3) is 5.91 Å². The molecular formula is C13H16FNO4S. The van der Waals surface area contributed by atoms with E-state index in [-0.39, 0.29) is 23.3 Å². The van der Waals surface area contributed by atoms with Gasteiger partial charge in [-0.15, -0.1) is 0 Å². The van der Waals surface area contributed by atoms with E-state index in [4.69, 9.17) is 4.74 Å². The maximum absolute atomic E-state index is 13.4. The highest BCUT2D eigenvalue weighted by Gasteiger charge is 2.30. The predicted octanol–water partition coefficient (Wildman–Crippen LogP) is 0.896. The Balaban J connectivity index is 1.91. The third-order valence-electron chi connectivity index (χ3n) is 3.09. The van der Waals surface area contributed by atoms with E-state index in [0.29, 0.717) is 6.42 Å². The average Bonchev–Trinajstić information content (AvgIpc) is 2.71. The summed E-state index contributed by atoms with van der Waals surface area (Å²) in [5.74, 6) is -0.966. The summed E-state index contributed by atoms with van der Waals surface area (Å²) < 4.78 is 41.2. The van der Waals surface area contributed by atoms with E-state index >= 15 is 0 Å². The quantitative estimate of drug-likeness (QED) is 0.896. The summed E-state index contributed by atoms with van der Waals surface area (Å²) >= 11 is 0. The monoisotopic (exact) mass is 301 g/mol. The minimum Gasteiger partial charge on any atom is -0.478 e. The van der Waals surface area contributed by atoms with E-state index in [1.807, 2.05) is 0 Å². The van der Waals surface area contributed by atoms with Crippen molar-refractivity contribution < 1.29 is 22.3 Å². The van der Waals surface area contributed by atoms with Crippen molar-refractivity contribution in [2.75, 3.05) is 11.5 Å². The van der Waals surface area contributed by atoms with Crippen LogP contribution in [0, 0.1) is 5.82 Å². The van der Waals surface area contributed by atoms with Gasteiger partial charge in [0, 0.05) is 6.04 Å². The van der Waals surface area contributed by atoms with Gasteiger partial charge in [-0.05, 0) is 25.5 Å². The summed E-state index contributed by atoms with van der Waals surface area (Å²) in [7, 11) is -3.05. The van der Waals surface area contributed by atoms with Crippen molar-refractivity contribution in [2.45, 2.75) is 25.5 Å². The smallest absolute Gasteiger partial charge is 0.261 e. The van der Waals surface area contributed by atoms with Gasteiger partial charge in [0.1, 0.15) is 0 Å². The summed E-state index contributed by atoms with van der Waals surface area (Å²) in [6.07, 6.45) is -0.490. The molecule has 20 heavy (non-hydrogen) atoms. The fourth-order valence-corrected chi connectivity index (χ4v) is 3.69. The molecule has 1 heterocycles. The van der Waals surface area contributed by atoms with Crippen LogP contribution in [0.15, 0.2) is 24.3 Å². The minimum absolute atomic E-state index is 0.00538. The number of halogens is 1. The summed E-state index contributed by atoms with van der Waals surface area (Å²) in [6.45, 7) is 1.49. The van der Waals surface area contributed by atoms with Crippen LogP contribution in [0.1, 0.15) is 13.3 Å². The van der Waals surface area contributed by atoms with E-state index in [1.54, 1.807) is 6.07 Å². The topological polar surface area (TPSA) is 72.5 Å². The molecule has 2 rings (SSSR count). The first-order valence-corrected chi connectivity index (χ1v) is 8.11. The zero-order valence-electron chi connectivity index (χ0n) is 11.0. The lowest BCUT2D eigenvalue weighted by atomic mass is 10.2. The molecule has 7 heteroatoms. The summed E-state index contributed by atoms with van der Waals surface area (Å²) in [6, 6.07) is 5.41. The molecule has 1 amide bonds. The largest absolute Gasteiger partial charge is 0.478 e. The third kappa shape index (κ3) is 3.69. The van der Waals surface area contributed by atoms with Crippen LogP contribution in [0.4, 0.5) is 4.39 Å². The van der Waals surface area contributed by atoms with Crippen LogP contribution < -0.4 is 10.1 Å². The molecule has 1 saturated heterocycles. The fraction of sp³-hybridized carbons (Fsp3) is 0.462. The van der Waals surface area contributed by atoms with Crippen LogP contribution >= 0.6 is 0 Å². The molecule has 0 aliphatic carbocycles. The van der Waals surface area contributed by atoms with E-state index in [9.17, 15) is 17.6 Å². The second-order valence-corrected chi connectivity index (χ2v) is 7.03. The Morgan fingerprint density at radius 3 is 2.75 bits per heavy atom. The highest BCUT2D eigenvalue weighted by molar-refractivity contribution is 7.91.